The van der Waals surface area contributed by atoms with Gasteiger partial charge in [-0.25, -0.2) is 4.79 Å². The summed E-state index contributed by atoms with van der Waals surface area (Å²) in [5, 5.41) is 9.28. The molecular weight excluding hydrogens is 378 g/mol. The van der Waals surface area contributed by atoms with Crippen LogP contribution in [0.25, 0.3) is 0 Å². The Kier molecular flexibility index (Phi) is 12.1. The molecule has 2 heterocycles. The third kappa shape index (κ3) is 8.05. The summed E-state index contributed by atoms with van der Waals surface area (Å²) in [5.74, 6) is -0.880. The van der Waals surface area contributed by atoms with Gasteiger partial charge < -0.3 is 14.7 Å². The number of likely N-dealkylation sites (tertiary alicyclic amines) is 1. The van der Waals surface area contributed by atoms with Crippen LogP contribution in [0.3, 0.4) is 0 Å². The van der Waals surface area contributed by atoms with Gasteiger partial charge in [-0.1, -0.05) is 84.0 Å². The molecule has 2 rings (SSSR count). The maximum absolute atomic E-state index is 12.5. The minimum Gasteiger partial charge on any atom is -0.448 e. The summed E-state index contributed by atoms with van der Waals surface area (Å²) < 4.78 is 5.07. The number of hydrogen-bond donors (Lipinski definition) is 1. The first-order chi connectivity index (χ1) is 14.7. The van der Waals surface area contributed by atoms with Crippen LogP contribution in [-0.4, -0.2) is 47.6 Å². The number of hydrogen-bond acceptors (Lipinski definition) is 5. The van der Waals surface area contributed by atoms with Crippen molar-refractivity contribution in [2.45, 2.75) is 116 Å². The Morgan fingerprint density at radius 3 is 1.83 bits per heavy atom. The first-order valence-corrected chi connectivity index (χ1v) is 12.5. The van der Waals surface area contributed by atoms with E-state index in [1.54, 1.807) is 0 Å². The number of ether oxygens (including phenoxy) is 1. The van der Waals surface area contributed by atoms with Crippen LogP contribution in [0.4, 0.5) is 0 Å². The van der Waals surface area contributed by atoms with Crippen molar-refractivity contribution in [1.82, 2.24) is 4.90 Å². The van der Waals surface area contributed by atoms with Crippen LogP contribution in [0.1, 0.15) is 110 Å². The van der Waals surface area contributed by atoms with Crippen LogP contribution < -0.4 is 0 Å². The Labute approximate surface area is 183 Å². The second-order valence-electron chi connectivity index (χ2n) is 8.95. The summed E-state index contributed by atoms with van der Waals surface area (Å²) in [6.07, 6.45) is 18.9. The Hall–Kier alpha value is -1.36. The molecule has 2 fully saturated rings. The van der Waals surface area contributed by atoms with Gasteiger partial charge in [-0.15, -0.1) is 0 Å². The van der Waals surface area contributed by atoms with Gasteiger partial charge in [-0.05, 0) is 25.7 Å². The van der Waals surface area contributed by atoms with Crippen molar-refractivity contribution >= 4 is 11.8 Å². The molecule has 0 aliphatic carbocycles. The molecule has 5 heteroatoms. The number of esters is 1. The standard InChI is InChI=1S/C25H43NO4/c1-2-3-4-5-6-7-8-9-10-11-12-13-14-17-21(26-18-15-16-19-26)23-24(28)22(20-27)30-25(23)29/h22,27H,2-20H2,1H3. The van der Waals surface area contributed by atoms with Crippen molar-refractivity contribution in [1.29, 1.82) is 0 Å². The molecule has 0 spiro atoms. The molecule has 0 aromatic carbocycles. The first-order valence-electron chi connectivity index (χ1n) is 12.5. The zero-order valence-corrected chi connectivity index (χ0v) is 19.1. The first kappa shape index (κ1) is 24.9. The highest BCUT2D eigenvalue weighted by atomic mass is 16.6. The summed E-state index contributed by atoms with van der Waals surface area (Å²) >= 11 is 0. The Morgan fingerprint density at radius 2 is 1.37 bits per heavy atom. The molecule has 0 bridgehead atoms. The predicted octanol–water partition coefficient (Wildman–Crippen LogP) is 5.30. The smallest absolute Gasteiger partial charge is 0.344 e. The quantitative estimate of drug-likeness (QED) is 0.158. The van der Waals surface area contributed by atoms with E-state index in [1.165, 1.54) is 70.6 Å². The molecule has 2 aliphatic heterocycles. The minimum absolute atomic E-state index is 0.204. The van der Waals surface area contributed by atoms with Gasteiger partial charge in [0.2, 0.25) is 5.78 Å². The second-order valence-corrected chi connectivity index (χ2v) is 8.95. The van der Waals surface area contributed by atoms with E-state index in [0.717, 1.165) is 50.9 Å². The molecule has 1 unspecified atom stereocenters. The lowest BCUT2D eigenvalue weighted by molar-refractivity contribution is -0.142. The van der Waals surface area contributed by atoms with E-state index in [2.05, 4.69) is 11.8 Å². The van der Waals surface area contributed by atoms with Crippen molar-refractivity contribution in [3.8, 4) is 0 Å². The van der Waals surface area contributed by atoms with Gasteiger partial charge in [-0.3, -0.25) is 4.79 Å². The van der Waals surface area contributed by atoms with Gasteiger partial charge in [0.05, 0.1) is 6.61 Å². The van der Waals surface area contributed by atoms with Crippen molar-refractivity contribution in [2.75, 3.05) is 19.7 Å². The fourth-order valence-electron chi connectivity index (χ4n) is 4.62. The maximum Gasteiger partial charge on any atom is 0.344 e. The van der Waals surface area contributed by atoms with Crippen LogP contribution in [0.15, 0.2) is 11.3 Å². The number of Topliss-reactive ketones (excluding diaryl/α,β-unsaturated/α-hetero) is 1. The van der Waals surface area contributed by atoms with Crippen molar-refractivity contribution in [3.05, 3.63) is 11.3 Å². The number of aliphatic hydroxyl groups excluding tert-OH is 1. The molecule has 0 amide bonds. The molecule has 2 aliphatic rings. The molecule has 0 saturated carbocycles. The van der Waals surface area contributed by atoms with Crippen LogP contribution in [0.5, 0.6) is 0 Å². The highest BCUT2D eigenvalue weighted by molar-refractivity contribution is 6.23. The van der Waals surface area contributed by atoms with E-state index in [0.29, 0.717) is 0 Å². The number of allylic oxidation sites excluding steroid dienone is 1. The normalized spacial score (nSPS) is 20.9. The molecule has 0 aromatic rings. The monoisotopic (exact) mass is 421 g/mol. The van der Waals surface area contributed by atoms with Gasteiger partial charge in [0.25, 0.3) is 0 Å². The fraction of sp³-hybridized carbons (Fsp3) is 0.840. The fourth-order valence-corrected chi connectivity index (χ4v) is 4.62. The summed E-state index contributed by atoms with van der Waals surface area (Å²) in [7, 11) is 0. The van der Waals surface area contributed by atoms with Gasteiger partial charge in [0.15, 0.2) is 6.10 Å². The molecule has 0 radical (unpaired) electrons. The Bertz CT molecular complexity index is 551. The van der Waals surface area contributed by atoms with Crippen molar-refractivity contribution in [2.24, 2.45) is 0 Å². The third-order valence-electron chi connectivity index (χ3n) is 6.45. The van der Waals surface area contributed by atoms with Crippen molar-refractivity contribution in [3.63, 3.8) is 0 Å². The lowest BCUT2D eigenvalue weighted by atomic mass is 10.0. The van der Waals surface area contributed by atoms with E-state index >= 15 is 0 Å². The summed E-state index contributed by atoms with van der Waals surface area (Å²) in [6, 6.07) is 0. The largest absolute Gasteiger partial charge is 0.448 e. The summed E-state index contributed by atoms with van der Waals surface area (Å²) in [5.41, 5.74) is 1.07. The molecule has 172 valence electrons. The van der Waals surface area contributed by atoms with E-state index in [-0.39, 0.29) is 11.4 Å². The molecule has 2 saturated heterocycles. The summed E-state index contributed by atoms with van der Waals surface area (Å²) in [4.78, 5) is 26.9. The summed E-state index contributed by atoms with van der Waals surface area (Å²) in [6.45, 7) is 3.64. The minimum atomic E-state index is -1.00. The Balaban J connectivity index is 1.64. The average Bonchev–Trinajstić information content (AvgIpc) is 3.37. The lowest BCUT2D eigenvalue weighted by Crippen LogP contribution is -2.25. The lowest BCUT2D eigenvalue weighted by Gasteiger charge is -2.22. The number of ketones is 1. The maximum atomic E-state index is 12.5. The second kappa shape index (κ2) is 14.6. The number of unbranched alkanes of at least 4 members (excludes halogenated alkanes) is 12. The van der Waals surface area contributed by atoms with Crippen LogP contribution in [0, 0.1) is 0 Å². The topological polar surface area (TPSA) is 66.8 Å². The van der Waals surface area contributed by atoms with Gasteiger partial charge in [0, 0.05) is 18.8 Å². The molecular formula is C25H43NO4. The van der Waals surface area contributed by atoms with E-state index in [9.17, 15) is 14.7 Å². The number of carbonyl (C=O) groups is 2. The van der Waals surface area contributed by atoms with Gasteiger partial charge in [0.1, 0.15) is 5.57 Å². The number of cyclic esters (lactones) is 1. The average molecular weight is 422 g/mol. The van der Waals surface area contributed by atoms with Crippen LogP contribution in [-0.2, 0) is 14.3 Å². The zero-order valence-electron chi connectivity index (χ0n) is 19.1. The zero-order chi connectivity index (χ0) is 21.6. The number of aliphatic hydroxyl groups is 1. The number of carbonyl (C=O) groups excluding carboxylic acids is 2. The van der Waals surface area contributed by atoms with Gasteiger partial charge in [-0.2, -0.15) is 0 Å². The molecule has 5 nitrogen and oxygen atoms in total. The Morgan fingerprint density at radius 1 is 0.867 bits per heavy atom. The molecule has 30 heavy (non-hydrogen) atoms. The van der Waals surface area contributed by atoms with E-state index in [1.807, 2.05) is 0 Å². The SMILES string of the molecule is CCCCCCCCCCCCCCCC(=C1C(=O)OC(CO)C1=O)N1CCCC1. The number of nitrogens with zero attached hydrogens (tertiary/aromatic N) is 1. The highest BCUT2D eigenvalue weighted by Gasteiger charge is 2.41. The molecule has 0 aromatic heterocycles. The molecule has 1 atom stereocenters. The van der Waals surface area contributed by atoms with Crippen LogP contribution >= 0.6 is 0 Å². The van der Waals surface area contributed by atoms with Crippen molar-refractivity contribution < 1.29 is 19.4 Å². The predicted molar refractivity (Wildman–Crippen MR) is 120 cm³/mol. The van der Waals surface area contributed by atoms with Crippen LogP contribution in [0.2, 0.25) is 0 Å². The number of rotatable bonds is 16. The molecule has 1 N–H and O–H groups in total. The van der Waals surface area contributed by atoms with Gasteiger partial charge >= 0.3 is 5.97 Å². The van der Waals surface area contributed by atoms with E-state index in [4.69, 9.17) is 4.74 Å². The third-order valence-corrected chi connectivity index (χ3v) is 6.45. The highest BCUT2D eigenvalue weighted by Crippen LogP contribution is 2.28. The van der Waals surface area contributed by atoms with E-state index < -0.39 is 18.7 Å².